The number of hydrazine groups is 1. The molecule has 0 heterocycles. The maximum Gasteiger partial charge on any atom is 0.118 e. The van der Waals surface area contributed by atoms with Crippen molar-refractivity contribution in [3.8, 4) is 5.75 Å². The zero-order valence-electron chi connectivity index (χ0n) is 11.5. The molecule has 106 valence electrons. The quantitative estimate of drug-likeness (QED) is 0.630. The third-order valence-electron chi connectivity index (χ3n) is 3.30. The van der Waals surface area contributed by atoms with Gasteiger partial charge in [0, 0.05) is 10.5 Å². The minimum absolute atomic E-state index is 0.196. The molecule has 0 saturated heterocycles. The van der Waals surface area contributed by atoms with Crippen LogP contribution >= 0.6 is 15.9 Å². The lowest BCUT2D eigenvalue weighted by molar-refractivity contribution is 0.414. The molecule has 0 spiro atoms. The zero-order chi connectivity index (χ0) is 14.4. The number of rotatable bonds is 6. The van der Waals surface area contributed by atoms with Crippen LogP contribution in [0.4, 0.5) is 0 Å². The zero-order valence-corrected chi connectivity index (χ0v) is 13.1. The Balaban J connectivity index is 2.03. The molecule has 0 aliphatic heterocycles. The van der Waals surface area contributed by atoms with Crippen molar-refractivity contribution in [3.05, 3.63) is 64.1 Å². The van der Waals surface area contributed by atoms with E-state index in [-0.39, 0.29) is 6.04 Å². The standard InChI is InChI=1S/C16H19BrN2O/c1-20-15-8-6-12(7-9-15)10-14(19-18)11-13-4-2-3-5-16(13)17/h2-9,14,19H,10-11,18H2,1H3. The molecule has 20 heavy (non-hydrogen) atoms. The molecule has 2 aromatic carbocycles. The second-order valence-electron chi connectivity index (χ2n) is 4.71. The monoisotopic (exact) mass is 334 g/mol. The number of ether oxygens (including phenoxy) is 1. The average Bonchev–Trinajstić information content (AvgIpc) is 2.49. The lowest BCUT2D eigenvalue weighted by atomic mass is 9.99. The first kappa shape index (κ1) is 15.0. The molecular formula is C16H19BrN2O. The summed E-state index contributed by atoms with van der Waals surface area (Å²) in [6.45, 7) is 0. The van der Waals surface area contributed by atoms with Gasteiger partial charge in [0.2, 0.25) is 0 Å². The Morgan fingerprint density at radius 1 is 1.10 bits per heavy atom. The van der Waals surface area contributed by atoms with Crippen molar-refractivity contribution in [2.75, 3.05) is 7.11 Å². The summed E-state index contributed by atoms with van der Waals surface area (Å²) < 4.78 is 6.29. The van der Waals surface area contributed by atoms with Gasteiger partial charge in [0.25, 0.3) is 0 Å². The normalized spacial score (nSPS) is 12.2. The van der Waals surface area contributed by atoms with E-state index in [1.54, 1.807) is 7.11 Å². The van der Waals surface area contributed by atoms with Crippen LogP contribution in [-0.2, 0) is 12.8 Å². The molecule has 3 nitrogen and oxygen atoms in total. The fourth-order valence-corrected chi connectivity index (χ4v) is 2.61. The van der Waals surface area contributed by atoms with E-state index in [0.717, 1.165) is 23.1 Å². The van der Waals surface area contributed by atoms with E-state index in [2.05, 4.69) is 45.6 Å². The van der Waals surface area contributed by atoms with E-state index in [0.29, 0.717) is 0 Å². The summed E-state index contributed by atoms with van der Waals surface area (Å²) >= 11 is 3.57. The number of halogens is 1. The summed E-state index contributed by atoms with van der Waals surface area (Å²) in [6, 6.07) is 16.5. The van der Waals surface area contributed by atoms with Gasteiger partial charge in [0.1, 0.15) is 5.75 Å². The maximum absolute atomic E-state index is 5.68. The molecule has 0 aliphatic carbocycles. The smallest absolute Gasteiger partial charge is 0.118 e. The molecule has 0 radical (unpaired) electrons. The fraction of sp³-hybridized carbons (Fsp3) is 0.250. The third-order valence-corrected chi connectivity index (χ3v) is 4.07. The van der Waals surface area contributed by atoms with E-state index in [9.17, 15) is 0 Å². The first-order valence-corrected chi connectivity index (χ1v) is 7.34. The molecule has 2 rings (SSSR count). The Kier molecular flexibility index (Phi) is 5.59. The number of hydrogen-bond donors (Lipinski definition) is 2. The lowest BCUT2D eigenvalue weighted by Crippen LogP contribution is -2.38. The van der Waals surface area contributed by atoms with Gasteiger partial charge >= 0.3 is 0 Å². The second-order valence-corrected chi connectivity index (χ2v) is 5.57. The Morgan fingerprint density at radius 2 is 1.80 bits per heavy atom. The molecule has 1 atom stereocenters. The number of nitrogens with one attached hydrogen (secondary N) is 1. The number of methoxy groups -OCH3 is 1. The van der Waals surface area contributed by atoms with Crippen molar-refractivity contribution in [3.63, 3.8) is 0 Å². The maximum atomic E-state index is 5.68. The van der Waals surface area contributed by atoms with E-state index in [1.165, 1.54) is 11.1 Å². The van der Waals surface area contributed by atoms with Crippen LogP contribution in [0.25, 0.3) is 0 Å². The van der Waals surface area contributed by atoms with Gasteiger partial charge in [-0.2, -0.15) is 0 Å². The highest BCUT2D eigenvalue weighted by molar-refractivity contribution is 9.10. The van der Waals surface area contributed by atoms with Crippen LogP contribution in [0.1, 0.15) is 11.1 Å². The van der Waals surface area contributed by atoms with Crippen LogP contribution in [0.5, 0.6) is 5.75 Å². The van der Waals surface area contributed by atoms with Crippen LogP contribution in [-0.4, -0.2) is 13.2 Å². The SMILES string of the molecule is COc1ccc(CC(Cc2ccccc2Br)NN)cc1. The van der Waals surface area contributed by atoms with Crippen LogP contribution in [0.3, 0.4) is 0 Å². The summed E-state index contributed by atoms with van der Waals surface area (Å²) in [7, 11) is 1.67. The summed E-state index contributed by atoms with van der Waals surface area (Å²) in [5.41, 5.74) is 5.39. The lowest BCUT2D eigenvalue weighted by Gasteiger charge is -2.17. The molecule has 1 unspecified atom stereocenters. The van der Waals surface area contributed by atoms with Gasteiger partial charge in [-0.15, -0.1) is 0 Å². The van der Waals surface area contributed by atoms with Crippen molar-refractivity contribution in [2.24, 2.45) is 5.84 Å². The molecule has 0 bridgehead atoms. The molecule has 3 N–H and O–H groups in total. The van der Waals surface area contributed by atoms with Crippen molar-refractivity contribution < 1.29 is 4.74 Å². The van der Waals surface area contributed by atoms with E-state index < -0.39 is 0 Å². The van der Waals surface area contributed by atoms with E-state index in [4.69, 9.17) is 10.6 Å². The summed E-state index contributed by atoms with van der Waals surface area (Å²) in [5, 5.41) is 0. The van der Waals surface area contributed by atoms with E-state index >= 15 is 0 Å². The highest BCUT2D eigenvalue weighted by atomic mass is 79.9. The molecule has 0 aromatic heterocycles. The Labute approximate surface area is 128 Å². The van der Waals surface area contributed by atoms with E-state index in [1.807, 2.05) is 24.3 Å². The highest BCUT2D eigenvalue weighted by Gasteiger charge is 2.10. The predicted molar refractivity (Wildman–Crippen MR) is 85.7 cm³/mol. The van der Waals surface area contributed by atoms with Gasteiger partial charge in [-0.1, -0.05) is 46.3 Å². The van der Waals surface area contributed by atoms with Crippen LogP contribution < -0.4 is 16.0 Å². The summed E-state index contributed by atoms with van der Waals surface area (Å²) in [5.74, 6) is 6.56. The van der Waals surface area contributed by atoms with Gasteiger partial charge in [0.05, 0.1) is 7.11 Å². The third kappa shape index (κ3) is 4.07. The van der Waals surface area contributed by atoms with Crippen LogP contribution in [0.15, 0.2) is 53.0 Å². The first-order valence-electron chi connectivity index (χ1n) is 6.55. The largest absolute Gasteiger partial charge is 0.497 e. The topological polar surface area (TPSA) is 47.3 Å². The molecule has 0 amide bonds. The number of nitrogens with two attached hydrogens (primary N) is 1. The van der Waals surface area contributed by atoms with Crippen molar-refractivity contribution in [2.45, 2.75) is 18.9 Å². The summed E-state index contributed by atoms with van der Waals surface area (Å²) in [4.78, 5) is 0. The second kappa shape index (κ2) is 7.43. The Bertz CT molecular complexity index is 542. The van der Waals surface area contributed by atoms with Gasteiger partial charge in [-0.05, 0) is 42.2 Å². The summed E-state index contributed by atoms with van der Waals surface area (Å²) in [6.07, 6.45) is 1.76. The van der Waals surface area contributed by atoms with Crippen LogP contribution in [0, 0.1) is 0 Å². The molecule has 0 aliphatic rings. The van der Waals surface area contributed by atoms with Crippen molar-refractivity contribution >= 4 is 15.9 Å². The Hall–Kier alpha value is -1.36. The minimum Gasteiger partial charge on any atom is -0.497 e. The predicted octanol–water partition coefficient (Wildman–Crippen LogP) is 3.07. The molecule has 0 saturated carbocycles. The van der Waals surface area contributed by atoms with Gasteiger partial charge in [-0.25, -0.2) is 0 Å². The number of hydrogen-bond acceptors (Lipinski definition) is 3. The van der Waals surface area contributed by atoms with Crippen LogP contribution in [0.2, 0.25) is 0 Å². The minimum atomic E-state index is 0.196. The average molecular weight is 335 g/mol. The molecule has 4 heteroatoms. The molecular weight excluding hydrogens is 316 g/mol. The van der Waals surface area contributed by atoms with Gasteiger partial charge < -0.3 is 4.74 Å². The van der Waals surface area contributed by atoms with Crippen molar-refractivity contribution in [1.29, 1.82) is 0 Å². The first-order chi connectivity index (χ1) is 9.72. The molecule has 0 fully saturated rings. The fourth-order valence-electron chi connectivity index (χ4n) is 2.17. The number of benzene rings is 2. The van der Waals surface area contributed by atoms with Gasteiger partial charge in [-0.3, -0.25) is 11.3 Å². The molecule has 2 aromatic rings. The highest BCUT2D eigenvalue weighted by Crippen LogP contribution is 2.19. The van der Waals surface area contributed by atoms with Gasteiger partial charge in [0.15, 0.2) is 0 Å². The van der Waals surface area contributed by atoms with Crippen molar-refractivity contribution in [1.82, 2.24) is 5.43 Å². The Morgan fingerprint density at radius 3 is 2.40 bits per heavy atom.